The van der Waals surface area contributed by atoms with Crippen LogP contribution in [0, 0.1) is 17.7 Å². The molecular weight excluding hydrogens is 243 g/mol. The molecule has 2 N–H and O–H groups in total. The SMILES string of the molecule is COC1CCN(Cc2ccc(F)cc2C#CCN)C1. The van der Waals surface area contributed by atoms with E-state index >= 15 is 0 Å². The number of hydrogen-bond donors (Lipinski definition) is 1. The molecule has 1 unspecified atom stereocenters. The van der Waals surface area contributed by atoms with Gasteiger partial charge in [0.05, 0.1) is 12.6 Å². The van der Waals surface area contributed by atoms with Gasteiger partial charge in [-0.25, -0.2) is 4.39 Å². The summed E-state index contributed by atoms with van der Waals surface area (Å²) in [5, 5.41) is 0. The van der Waals surface area contributed by atoms with Crippen LogP contribution >= 0.6 is 0 Å². The van der Waals surface area contributed by atoms with E-state index in [2.05, 4.69) is 16.7 Å². The Morgan fingerprint density at radius 3 is 3.05 bits per heavy atom. The summed E-state index contributed by atoms with van der Waals surface area (Å²) in [6.07, 6.45) is 1.35. The number of nitrogens with two attached hydrogens (primary N) is 1. The molecule has 2 rings (SSSR count). The summed E-state index contributed by atoms with van der Waals surface area (Å²) in [6, 6.07) is 4.75. The molecule has 4 heteroatoms. The zero-order valence-electron chi connectivity index (χ0n) is 11.2. The molecule has 3 nitrogen and oxygen atoms in total. The van der Waals surface area contributed by atoms with Crippen LogP contribution in [0.4, 0.5) is 4.39 Å². The van der Waals surface area contributed by atoms with Gasteiger partial charge >= 0.3 is 0 Å². The second-order valence-corrected chi connectivity index (χ2v) is 4.69. The first kappa shape index (κ1) is 14.0. The third-order valence-corrected chi connectivity index (χ3v) is 3.35. The minimum Gasteiger partial charge on any atom is -0.380 e. The van der Waals surface area contributed by atoms with E-state index < -0.39 is 0 Å². The summed E-state index contributed by atoms with van der Waals surface area (Å²) in [7, 11) is 1.74. The first-order valence-electron chi connectivity index (χ1n) is 6.45. The van der Waals surface area contributed by atoms with Crippen molar-refractivity contribution < 1.29 is 9.13 Å². The minimum absolute atomic E-state index is 0.263. The third kappa shape index (κ3) is 3.77. The molecule has 0 saturated carbocycles. The van der Waals surface area contributed by atoms with E-state index in [9.17, 15) is 4.39 Å². The standard InChI is InChI=1S/C15H19FN2O/c1-19-15-6-8-18(11-15)10-13-4-5-14(16)9-12(13)3-2-7-17/h4-5,9,15H,6-8,10-11,17H2,1H3. The normalized spacial score (nSPS) is 19.2. The quantitative estimate of drug-likeness (QED) is 0.836. The van der Waals surface area contributed by atoms with Gasteiger partial charge in [-0.15, -0.1) is 0 Å². The summed E-state index contributed by atoms with van der Waals surface area (Å²) >= 11 is 0. The fraction of sp³-hybridized carbons (Fsp3) is 0.467. The Bertz CT molecular complexity index is 493. The van der Waals surface area contributed by atoms with Crippen LogP contribution in [0.3, 0.4) is 0 Å². The zero-order valence-corrected chi connectivity index (χ0v) is 11.2. The highest BCUT2D eigenvalue weighted by molar-refractivity contribution is 5.42. The maximum Gasteiger partial charge on any atom is 0.124 e. The van der Waals surface area contributed by atoms with Crippen LogP contribution in [-0.4, -0.2) is 37.7 Å². The molecule has 0 spiro atoms. The second kappa shape index (κ2) is 6.67. The number of halogens is 1. The summed E-state index contributed by atoms with van der Waals surface area (Å²) in [5.74, 6) is 5.46. The van der Waals surface area contributed by atoms with Gasteiger partial charge in [-0.2, -0.15) is 0 Å². The highest BCUT2D eigenvalue weighted by Gasteiger charge is 2.22. The fourth-order valence-electron chi connectivity index (χ4n) is 2.32. The zero-order chi connectivity index (χ0) is 13.7. The number of rotatable bonds is 3. The Kier molecular flexibility index (Phi) is 4.92. The number of ether oxygens (including phenoxy) is 1. The Hall–Kier alpha value is -1.41. The van der Waals surface area contributed by atoms with Gasteiger partial charge in [-0.3, -0.25) is 4.90 Å². The minimum atomic E-state index is -0.263. The average molecular weight is 262 g/mol. The van der Waals surface area contributed by atoms with Crippen molar-refractivity contribution in [3.8, 4) is 11.8 Å². The van der Waals surface area contributed by atoms with Gasteiger partial charge in [-0.1, -0.05) is 17.9 Å². The van der Waals surface area contributed by atoms with Crippen LogP contribution in [0.25, 0.3) is 0 Å². The van der Waals surface area contributed by atoms with Crippen molar-refractivity contribution in [3.05, 3.63) is 35.1 Å². The van der Waals surface area contributed by atoms with Crippen molar-refractivity contribution in [1.29, 1.82) is 0 Å². The maximum atomic E-state index is 13.3. The van der Waals surface area contributed by atoms with E-state index in [1.165, 1.54) is 12.1 Å². The van der Waals surface area contributed by atoms with Gasteiger partial charge in [0.25, 0.3) is 0 Å². The van der Waals surface area contributed by atoms with Crippen LogP contribution in [-0.2, 0) is 11.3 Å². The van der Waals surface area contributed by atoms with Crippen molar-refractivity contribution in [2.75, 3.05) is 26.7 Å². The Morgan fingerprint density at radius 2 is 2.37 bits per heavy atom. The number of likely N-dealkylation sites (tertiary alicyclic amines) is 1. The molecule has 102 valence electrons. The van der Waals surface area contributed by atoms with Crippen molar-refractivity contribution in [1.82, 2.24) is 4.90 Å². The van der Waals surface area contributed by atoms with E-state index in [0.717, 1.165) is 37.2 Å². The lowest BCUT2D eigenvalue weighted by Crippen LogP contribution is -2.22. The second-order valence-electron chi connectivity index (χ2n) is 4.69. The van der Waals surface area contributed by atoms with Crippen LogP contribution in [0.15, 0.2) is 18.2 Å². The summed E-state index contributed by atoms with van der Waals surface area (Å²) in [5.41, 5.74) is 7.14. The number of hydrogen-bond acceptors (Lipinski definition) is 3. The molecule has 1 heterocycles. The van der Waals surface area contributed by atoms with Crippen LogP contribution < -0.4 is 5.73 Å². The Balaban J connectivity index is 2.11. The topological polar surface area (TPSA) is 38.5 Å². The van der Waals surface area contributed by atoms with E-state index in [-0.39, 0.29) is 12.4 Å². The monoisotopic (exact) mass is 262 g/mol. The highest BCUT2D eigenvalue weighted by atomic mass is 19.1. The van der Waals surface area contributed by atoms with Crippen molar-refractivity contribution >= 4 is 0 Å². The fourth-order valence-corrected chi connectivity index (χ4v) is 2.32. The average Bonchev–Trinajstić information content (AvgIpc) is 2.86. The molecule has 1 atom stereocenters. The molecule has 0 aromatic heterocycles. The third-order valence-electron chi connectivity index (χ3n) is 3.35. The van der Waals surface area contributed by atoms with Crippen LogP contribution in [0.5, 0.6) is 0 Å². The predicted molar refractivity (Wildman–Crippen MR) is 73.0 cm³/mol. The van der Waals surface area contributed by atoms with Gasteiger partial charge in [0.2, 0.25) is 0 Å². The predicted octanol–water partition coefficient (Wildman–Crippen LogP) is 1.36. The smallest absolute Gasteiger partial charge is 0.124 e. The molecular formula is C15H19FN2O. The molecule has 1 aliphatic rings. The van der Waals surface area contributed by atoms with Gasteiger partial charge in [0.15, 0.2) is 0 Å². The Morgan fingerprint density at radius 1 is 1.53 bits per heavy atom. The van der Waals surface area contributed by atoms with Crippen LogP contribution in [0.2, 0.25) is 0 Å². The van der Waals surface area contributed by atoms with Gasteiger partial charge in [0, 0.05) is 32.3 Å². The molecule has 1 saturated heterocycles. The first-order valence-corrected chi connectivity index (χ1v) is 6.45. The van der Waals surface area contributed by atoms with Crippen molar-refractivity contribution in [3.63, 3.8) is 0 Å². The molecule has 0 bridgehead atoms. The first-order chi connectivity index (χ1) is 9.22. The van der Waals surface area contributed by atoms with Gasteiger partial charge < -0.3 is 10.5 Å². The van der Waals surface area contributed by atoms with E-state index in [4.69, 9.17) is 10.5 Å². The molecule has 1 aromatic carbocycles. The lowest BCUT2D eigenvalue weighted by Gasteiger charge is -2.16. The highest BCUT2D eigenvalue weighted by Crippen LogP contribution is 2.18. The lowest BCUT2D eigenvalue weighted by atomic mass is 10.1. The van der Waals surface area contributed by atoms with Crippen molar-refractivity contribution in [2.45, 2.75) is 19.1 Å². The van der Waals surface area contributed by atoms with Gasteiger partial charge in [-0.05, 0) is 24.1 Å². The van der Waals surface area contributed by atoms with E-state index in [0.29, 0.717) is 6.10 Å². The largest absolute Gasteiger partial charge is 0.380 e. The molecule has 0 aliphatic carbocycles. The summed E-state index contributed by atoms with van der Waals surface area (Å²) < 4.78 is 18.6. The van der Waals surface area contributed by atoms with Crippen LogP contribution in [0.1, 0.15) is 17.5 Å². The lowest BCUT2D eigenvalue weighted by molar-refractivity contribution is 0.107. The number of nitrogens with zero attached hydrogens (tertiary/aromatic N) is 1. The number of benzene rings is 1. The molecule has 0 amide bonds. The summed E-state index contributed by atoms with van der Waals surface area (Å²) in [6.45, 7) is 2.97. The Labute approximate surface area is 113 Å². The maximum absolute atomic E-state index is 13.3. The van der Waals surface area contributed by atoms with Gasteiger partial charge in [0.1, 0.15) is 5.82 Å². The molecule has 1 aliphatic heterocycles. The number of methoxy groups -OCH3 is 1. The molecule has 0 radical (unpaired) electrons. The summed E-state index contributed by atoms with van der Waals surface area (Å²) in [4.78, 5) is 2.30. The van der Waals surface area contributed by atoms with E-state index in [1.54, 1.807) is 13.2 Å². The molecule has 1 fully saturated rings. The van der Waals surface area contributed by atoms with E-state index in [1.807, 2.05) is 0 Å². The molecule has 19 heavy (non-hydrogen) atoms. The van der Waals surface area contributed by atoms with Crippen molar-refractivity contribution in [2.24, 2.45) is 5.73 Å². The molecule has 1 aromatic rings.